The molecule has 1 aliphatic rings. The summed E-state index contributed by atoms with van der Waals surface area (Å²) in [4.78, 5) is 49.7. The van der Waals surface area contributed by atoms with Crippen LogP contribution in [0.2, 0.25) is 0 Å². The predicted molar refractivity (Wildman–Crippen MR) is 99.9 cm³/mol. The lowest BCUT2D eigenvalue weighted by molar-refractivity contribution is -0.145. The fourth-order valence-corrected chi connectivity index (χ4v) is 3.13. The molecule has 28 heavy (non-hydrogen) atoms. The second-order valence-corrected chi connectivity index (χ2v) is 6.86. The van der Waals surface area contributed by atoms with E-state index in [0.29, 0.717) is 38.8 Å². The molecule has 0 aromatic heterocycles. The molecule has 0 bridgehead atoms. The van der Waals surface area contributed by atoms with Crippen LogP contribution in [0.4, 0.5) is 0 Å². The second-order valence-electron chi connectivity index (χ2n) is 6.86. The number of aliphatic hydroxyl groups excluding tert-OH is 1. The highest BCUT2D eigenvalue weighted by Gasteiger charge is 2.36. The average Bonchev–Trinajstić information content (AvgIpc) is 3.13. The molecule has 4 atom stereocenters. The molecule has 0 radical (unpaired) electrons. The van der Waals surface area contributed by atoms with Gasteiger partial charge in [0.1, 0.15) is 12.1 Å². The van der Waals surface area contributed by atoms with E-state index in [9.17, 15) is 24.3 Å². The smallest absolute Gasteiger partial charge is 0.328 e. The van der Waals surface area contributed by atoms with Gasteiger partial charge in [-0.25, -0.2) is 4.79 Å². The molecule has 0 saturated carbocycles. The van der Waals surface area contributed by atoms with Crippen molar-refractivity contribution in [2.45, 2.75) is 63.3 Å². The number of carbonyl (C=O) groups is 4. The minimum absolute atomic E-state index is 0.209. The summed E-state index contributed by atoms with van der Waals surface area (Å²) in [7, 11) is 0. The van der Waals surface area contributed by atoms with Gasteiger partial charge in [0.05, 0.1) is 12.6 Å². The Kier molecular flexibility index (Phi) is 9.83. The number of rotatable bonds is 11. The molecule has 11 heteroatoms. The molecule has 8 N–H and O–H groups in total. The van der Waals surface area contributed by atoms with Gasteiger partial charge in [-0.2, -0.15) is 0 Å². The van der Waals surface area contributed by atoms with Gasteiger partial charge in [0.25, 0.3) is 0 Å². The van der Waals surface area contributed by atoms with Crippen LogP contribution < -0.4 is 22.1 Å². The first-order chi connectivity index (χ1) is 13.2. The molecule has 1 fully saturated rings. The molecular weight excluding hydrogens is 370 g/mol. The second kappa shape index (κ2) is 11.6. The molecule has 1 aliphatic heterocycles. The maximum atomic E-state index is 12.7. The van der Waals surface area contributed by atoms with E-state index in [2.05, 4.69) is 10.6 Å². The van der Waals surface area contributed by atoms with E-state index in [1.54, 1.807) is 0 Å². The third kappa shape index (κ3) is 6.73. The number of carboxylic acid groups (broad SMARTS) is 1. The zero-order chi connectivity index (χ0) is 21.3. The van der Waals surface area contributed by atoms with Crippen molar-refractivity contribution in [2.75, 3.05) is 19.6 Å². The fourth-order valence-electron chi connectivity index (χ4n) is 3.13. The molecular formula is C17H31N5O6. The average molecular weight is 401 g/mol. The van der Waals surface area contributed by atoms with Gasteiger partial charge in [-0.05, 0) is 45.6 Å². The third-order valence-corrected chi connectivity index (χ3v) is 4.68. The Morgan fingerprint density at radius 1 is 1.18 bits per heavy atom. The minimum Gasteiger partial charge on any atom is -0.480 e. The summed E-state index contributed by atoms with van der Waals surface area (Å²) in [5.74, 6) is -2.93. The highest BCUT2D eigenvalue weighted by atomic mass is 16.4. The van der Waals surface area contributed by atoms with Crippen LogP contribution in [0, 0.1) is 0 Å². The van der Waals surface area contributed by atoms with Crippen molar-refractivity contribution in [2.24, 2.45) is 11.5 Å². The molecule has 0 aromatic carbocycles. The summed E-state index contributed by atoms with van der Waals surface area (Å²) in [6, 6.07) is -3.22. The van der Waals surface area contributed by atoms with Gasteiger partial charge in [-0.1, -0.05) is 0 Å². The SMILES string of the molecule is CC(O)C(NC(=O)C(CCCCN)NC(=O)C1CCCN1C(=O)CN)C(=O)O. The molecule has 0 spiro atoms. The van der Waals surface area contributed by atoms with E-state index in [4.69, 9.17) is 16.6 Å². The number of carboxylic acids is 1. The molecule has 4 unspecified atom stereocenters. The van der Waals surface area contributed by atoms with Gasteiger partial charge < -0.3 is 37.2 Å². The number of nitrogens with zero attached hydrogens (tertiary/aromatic N) is 1. The summed E-state index contributed by atoms with van der Waals surface area (Å²) in [5, 5.41) is 23.5. The van der Waals surface area contributed by atoms with Crippen molar-refractivity contribution in [3.05, 3.63) is 0 Å². The third-order valence-electron chi connectivity index (χ3n) is 4.68. The summed E-state index contributed by atoms with van der Waals surface area (Å²) in [6.07, 6.45) is 1.21. The number of hydrogen-bond acceptors (Lipinski definition) is 7. The maximum Gasteiger partial charge on any atom is 0.328 e. The standard InChI is InChI=1S/C17H31N5O6/c1-10(23)14(17(27)28)21-15(25)11(5-2-3-7-18)20-16(26)12-6-4-8-22(12)13(24)9-19/h10-12,14,23H,2-9,18-19H2,1H3,(H,20,26)(H,21,25)(H,27,28). The first kappa shape index (κ1) is 23.8. The van der Waals surface area contributed by atoms with Crippen LogP contribution in [-0.4, -0.2) is 82.7 Å². The van der Waals surface area contributed by atoms with Crippen LogP contribution in [0.3, 0.4) is 0 Å². The first-order valence-electron chi connectivity index (χ1n) is 9.44. The topological polar surface area (TPSA) is 188 Å². The molecule has 3 amide bonds. The molecule has 160 valence electrons. The van der Waals surface area contributed by atoms with Crippen molar-refractivity contribution in [3.8, 4) is 0 Å². The summed E-state index contributed by atoms with van der Waals surface area (Å²) in [6.45, 7) is 1.87. The number of carbonyl (C=O) groups excluding carboxylic acids is 3. The molecule has 1 heterocycles. The molecule has 1 rings (SSSR count). The monoisotopic (exact) mass is 401 g/mol. The fraction of sp³-hybridized carbons (Fsp3) is 0.765. The largest absolute Gasteiger partial charge is 0.480 e. The Morgan fingerprint density at radius 3 is 2.39 bits per heavy atom. The maximum absolute atomic E-state index is 12.7. The van der Waals surface area contributed by atoms with Crippen LogP contribution in [-0.2, 0) is 19.2 Å². The van der Waals surface area contributed by atoms with Gasteiger partial charge in [0.15, 0.2) is 6.04 Å². The number of aliphatic hydroxyl groups is 1. The lowest BCUT2D eigenvalue weighted by Crippen LogP contribution is -2.57. The minimum atomic E-state index is -1.50. The lowest BCUT2D eigenvalue weighted by Gasteiger charge is -2.27. The number of nitrogens with one attached hydrogen (secondary N) is 2. The van der Waals surface area contributed by atoms with Crippen molar-refractivity contribution in [3.63, 3.8) is 0 Å². The summed E-state index contributed by atoms with van der Waals surface area (Å²) in [5.41, 5.74) is 10.8. The number of unbranched alkanes of at least 4 members (excludes halogenated alkanes) is 1. The van der Waals surface area contributed by atoms with E-state index in [1.807, 2.05) is 0 Å². The van der Waals surface area contributed by atoms with E-state index >= 15 is 0 Å². The van der Waals surface area contributed by atoms with Gasteiger partial charge >= 0.3 is 5.97 Å². The molecule has 1 saturated heterocycles. The Morgan fingerprint density at radius 2 is 1.86 bits per heavy atom. The van der Waals surface area contributed by atoms with Crippen molar-refractivity contribution in [1.29, 1.82) is 0 Å². The van der Waals surface area contributed by atoms with Crippen molar-refractivity contribution < 1.29 is 29.4 Å². The summed E-state index contributed by atoms with van der Waals surface area (Å²) >= 11 is 0. The number of aliphatic carboxylic acids is 1. The zero-order valence-corrected chi connectivity index (χ0v) is 16.1. The number of amides is 3. The van der Waals surface area contributed by atoms with E-state index in [1.165, 1.54) is 11.8 Å². The van der Waals surface area contributed by atoms with Gasteiger partial charge in [-0.15, -0.1) is 0 Å². The lowest BCUT2D eigenvalue weighted by atomic mass is 10.1. The molecule has 11 nitrogen and oxygen atoms in total. The Balaban J connectivity index is 2.85. The van der Waals surface area contributed by atoms with Crippen LogP contribution in [0.1, 0.15) is 39.0 Å². The highest BCUT2D eigenvalue weighted by Crippen LogP contribution is 2.18. The van der Waals surface area contributed by atoms with Crippen LogP contribution >= 0.6 is 0 Å². The Hall–Kier alpha value is -2.24. The Labute approximate surface area is 163 Å². The van der Waals surface area contributed by atoms with Crippen LogP contribution in [0.5, 0.6) is 0 Å². The predicted octanol–water partition coefficient (Wildman–Crippen LogP) is -2.50. The van der Waals surface area contributed by atoms with Crippen molar-refractivity contribution in [1.82, 2.24) is 15.5 Å². The number of likely N-dealkylation sites (tertiary alicyclic amines) is 1. The van der Waals surface area contributed by atoms with Gasteiger partial charge in [-0.3, -0.25) is 14.4 Å². The highest BCUT2D eigenvalue weighted by molar-refractivity contribution is 5.93. The van der Waals surface area contributed by atoms with E-state index < -0.39 is 42.0 Å². The number of nitrogens with two attached hydrogens (primary N) is 2. The van der Waals surface area contributed by atoms with Crippen molar-refractivity contribution >= 4 is 23.7 Å². The van der Waals surface area contributed by atoms with Gasteiger partial charge in [0.2, 0.25) is 17.7 Å². The van der Waals surface area contributed by atoms with Crippen LogP contribution in [0.25, 0.3) is 0 Å². The van der Waals surface area contributed by atoms with E-state index in [-0.39, 0.29) is 18.9 Å². The van der Waals surface area contributed by atoms with Crippen LogP contribution in [0.15, 0.2) is 0 Å². The quantitative estimate of drug-likeness (QED) is 0.205. The van der Waals surface area contributed by atoms with E-state index in [0.717, 1.165) is 0 Å². The first-order valence-corrected chi connectivity index (χ1v) is 9.44. The normalized spacial score (nSPS) is 19.6. The Bertz CT molecular complexity index is 570. The van der Waals surface area contributed by atoms with Gasteiger partial charge in [0, 0.05) is 6.54 Å². The molecule has 0 aromatic rings. The zero-order valence-electron chi connectivity index (χ0n) is 16.1. The molecule has 0 aliphatic carbocycles. The summed E-state index contributed by atoms with van der Waals surface area (Å²) < 4.78 is 0. The number of hydrogen-bond donors (Lipinski definition) is 6.